The van der Waals surface area contributed by atoms with Crippen LogP contribution in [-0.2, 0) is 16.1 Å². The molecule has 2 aliphatic heterocycles. The average molecular weight is 428 g/mol. The molecule has 0 unspecified atom stereocenters. The maximum atomic E-state index is 14.4. The van der Waals surface area contributed by atoms with Gasteiger partial charge in [0.2, 0.25) is 5.91 Å². The lowest BCUT2D eigenvalue weighted by molar-refractivity contribution is -0.122. The summed E-state index contributed by atoms with van der Waals surface area (Å²) in [6.45, 7) is 6.37. The van der Waals surface area contributed by atoms with Gasteiger partial charge in [-0.15, -0.1) is 0 Å². The molecule has 0 saturated carbocycles. The number of halogens is 1. The third-order valence-corrected chi connectivity index (χ3v) is 5.76. The zero-order chi connectivity index (χ0) is 21.5. The molecule has 1 fully saturated rings. The van der Waals surface area contributed by atoms with Crippen LogP contribution in [0.1, 0.15) is 23.7 Å². The molecule has 0 bridgehead atoms. The highest BCUT2D eigenvalue weighted by atomic mass is 19.1. The van der Waals surface area contributed by atoms with Crippen molar-refractivity contribution < 1.29 is 18.7 Å². The van der Waals surface area contributed by atoms with Crippen LogP contribution in [0.5, 0.6) is 5.75 Å². The minimum Gasteiger partial charge on any atom is -0.484 e. The van der Waals surface area contributed by atoms with Gasteiger partial charge in [-0.05, 0) is 25.1 Å². The summed E-state index contributed by atoms with van der Waals surface area (Å²) in [5.41, 5.74) is 1.51. The summed E-state index contributed by atoms with van der Waals surface area (Å²) in [4.78, 5) is 17.0. The Balaban J connectivity index is 1.35. The van der Waals surface area contributed by atoms with Crippen molar-refractivity contribution >= 4 is 5.91 Å². The zero-order valence-corrected chi connectivity index (χ0v) is 17.8. The van der Waals surface area contributed by atoms with Gasteiger partial charge in [-0.25, -0.2) is 4.39 Å². The predicted molar refractivity (Wildman–Crippen MR) is 116 cm³/mol. The summed E-state index contributed by atoms with van der Waals surface area (Å²) in [5.74, 6) is 0.428. The summed E-state index contributed by atoms with van der Waals surface area (Å²) >= 11 is 0. The van der Waals surface area contributed by atoms with Crippen LogP contribution in [0.25, 0.3) is 0 Å². The van der Waals surface area contributed by atoms with Crippen LogP contribution in [0, 0.1) is 5.82 Å². The minimum atomic E-state index is -0.473. The third kappa shape index (κ3) is 6.03. The normalized spacial score (nSPS) is 19.8. The molecule has 2 aromatic rings. The van der Waals surface area contributed by atoms with E-state index in [1.165, 1.54) is 6.07 Å². The van der Waals surface area contributed by atoms with Gasteiger partial charge in [0, 0.05) is 43.9 Å². The Morgan fingerprint density at radius 3 is 2.68 bits per heavy atom. The van der Waals surface area contributed by atoms with Gasteiger partial charge in [-0.2, -0.15) is 0 Å². The second-order valence-electron chi connectivity index (χ2n) is 8.06. The second kappa shape index (κ2) is 10.7. The van der Waals surface area contributed by atoms with Crippen molar-refractivity contribution in [2.75, 3.05) is 52.5 Å². The highest BCUT2D eigenvalue weighted by Crippen LogP contribution is 2.31. The van der Waals surface area contributed by atoms with Crippen LogP contribution in [0.15, 0.2) is 48.5 Å². The van der Waals surface area contributed by atoms with E-state index in [1.54, 1.807) is 12.1 Å². The molecule has 1 N–H and O–H groups in total. The van der Waals surface area contributed by atoms with Crippen LogP contribution in [-0.4, -0.2) is 68.2 Å². The van der Waals surface area contributed by atoms with Gasteiger partial charge in [-0.3, -0.25) is 14.6 Å². The Morgan fingerprint density at radius 1 is 1.06 bits per heavy atom. The molecule has 0 radical (unpaired) electrons. The number of fused-ring (bicyclic) bond motifs is 1. The Kier molecular flexibility index (Phi) is 7.51. The first-order valence-electron chi connectivity index (χ1n) is 11.0. The largest absolute Gasteiger partial charge is 0.484 e. The van der Waals surface area contributed by atoms with Gasteiger partial charge in [0.15, 0.2) is 0 Å². The number of ether oxygens (including phenoxy) is 2. The number of nitrogens with one attached hydrogen (secondary N) is 1. The van der Waals surface area contributed by atoms with Crippen LogP contribution >= 0.6 is 0 Å². The number of para-hydroxylation sites is 1. The van der Waals surface area contributed by atoms with E-state index >= 15 is 0 Å². The van der Waals surface area contributed by atoms with Crippen molar-refractivity contribution in [2.45, 2.75) is 19.1 Å². The molecule has 2 aliphatic rings. The lowest BCUT2D eigenvalue weighted by atomic mass is 10.1. The Bertz CT molecular complexity index is 873. The monoisotopic (exact) mass is 427 g/mol. The Hall–Kier alpha value is -2.48. The van der Waals surface area contributed by atoms with E-state index in [2.05, 4.69) is 10.2 Å². The van der Waals surface area contributed by atoms with E-state index in [0.717, 1.165) is 50.6 Å². The smallest absolute Gasteiger partial charge is 0.234 e. The van der Waals surface area contributed by atoms with E-state index in [0.29, 0.717) is 25.2 Å². The first-order chi connectivity index (χ1) is 15.2. The number of nitrogens with zero attached hydrogens (tertiary/aromatic N) is 2. The number of amides is 1. The fourth-order valence-electron chi connectivity index (χ4n) is 4.11. The van der Waals surface area contributed by atoms with Crippen molar-refractivity contribution in [1.29, 1.82) is 0 Å². The number of rotatable bonds is 7. The Morgan fingerprint density at radius 2 is 1.84 bits per heavy atom. The average Bonchev–Trinajstić information content (AvgIpc) is 2.96. The molecule has 31 heavy (non-hydrogen) atoms. The number of morpholine rings is 1. The van der Waals surface area contributed by atoms with Crippen molar-refractivity contribution in [3.63, 3.8) is 0 Å². The molecule has 1 atom stereocenters. The molecule has 7 heteroatoms. The van der Waals surface area contributed by atoms with E-state index < -0.39 is 6.10 Å². The molecular formula is C24H30FN3O3. The maximum Gasteiger partial charge on any atom is 0.234 e. The SMILES string of the molecule is O=C(CN1Cc2ccccc2O[C@H](c2ccccc2F)C1)NCCCN1CCOCC1. The molecule has 1 saturated heterocycles. The first kappa shape index (κ1) is 21.7. The van der Waals surface area contributed by atoms with Gasteiger partial charge in [0.1, 0.15) is 17.7 Å². The van der Waals surface area contributed by atoms with E-state index in [-0.39, 0.29) is 18.3 Å². The van der Waals surface area contributed by atoms with E-state index in [1.807, 2.05) is 35.2 Å². The summed E-state index contributed by atoms with van der Waals surface area (Å²) in [6, 6.07) is 14.4. The molecule has 0 spiro atoms. The summed E-state index contributed by atoms with van der Waals surface area (Å²) < 4.78 is 26.0. The molecule has 2 heterocycles. The molecule has 4 rings (SSSR count). The topological polar surface area (TPSA) is 54.0 Å². The van der Waals surface area contributed by atoms with Gasteiger partial charge >= 0.3 is 0 Å². The van der Waals surface area contributed by atoms with Gasteiger partial charge < -0.3 is 14.8 Å². The highest BCUT2D eigenvalue weighted by molar-refractivity contribution is 5.78. The van der Waals surface area contributed by atoms with Crippen molar-refractivity contribution in [3.8, 4) is 5.75 Å². The zero-order valence-electron chi connectivity index (χ0n) is 17.8. The fraction of sp³-hybridized carbons (Fsp3) is 0.458. The number of benzene rings is 2. The molecular weight excluding hydrogens is 397 g/mol. The highest BCUT2D eigenvalue weighted by Gasteiger charge is 2.27. The van der Waals surface area contributed by atoms with Gasteiger partial charge in [0.25, 0.3) is 0 Å². The Labute approximate surface area is 182 Å². The number of hydrogen-bond acceptors (Lipinski definition) is 5. The summed E-state index contributed by atoms with van der Waals surface area (Å²) in [7, 11) is 0. The molecule has 1 amide bonds. The van der Waals surface area contributed by atoms with E-state index in [9.17, 15) is 9.18 Å². The van der Waals surface area contributed by atoms with Crippen molar-refractivity contribution in [1.82, 2.24) is 15.1 Å². The third-order valence-electron chi connectivity index (χ3n) is 5.76. The number of carbonyl (C=O) groups is 1. The lowest BCUT2D eigenvalue weighted by Gasteiger charge is -2.26. The lowest BCUT2D eigenvalue weighted by Crippen LogP contribution is -2.40. The standard InChI is InChI=1S/C24H30FN3O3/c25-21-8-3-2-7-20(21)23-17-28(16-19-6-1-4-9-22(19)31-23)18-24(29)26-10-5-11-27-12-14-30-15-13-27/h1-4,6-9,23H,5,10-18H2,(H,26,29)/t23-/m0/s1. The van der Waals surface area contributed by atoms with Crippen LogP contribution < -0.4 is 10.1 Å². The number of carbonyl (C=O) groups excluding carboxylic acids is 1. The molecule has 0 aliphatic carbocycles. The van der Waals surface area contributed by atoms with Crippen LogP contribution in [0.2, 0.25) is 0 Å². The van der Waals surface area contributed by atoms with Crippen LogP contribution in [0.4, 0.5) is 4.39 Å². The first-order valence-corrected chi connectivity index (χ1v) is 11.0. The van der Waals surface area contributed by atoms with Crippen LogP contribution in [0.3, 0.4) is 0 Å². The van der Waals surface area contributed by atoms with Gasteiger partial charge in [-0.1, -0.05) is 36.4 Å². The molecule has 0 aromatic heterocycles. The fourth-order valence-corrected chi connectivity index (χ4v) is 4.11. The van der Waals surface area contributed by atoms with Crippen molar-refractivity contribution in [2.24, 2.45) is 0 Å². The van der Waals surface area contributed by atoms with Crippen molar-refractivity contribution in [3.05, 3.63) is 65.5 Å². The predicted octanol–water partition coefficient (Wildman–Crippen LogP) is 2.60. The van der Waals surface area contributed by atoms with E-state index in [4.69, 9.17) is 9.47 Å². The molecule has 6 nitrogen and oxygen atoms in total. The molecule has 2 aromatic carbocycles. The summed E-state index contributed by atoms with van der Waals surface area (Å²) in [5, 5.41) is 3.03. The minimum absolute atomic E-state index is 0.0198. The second-order valence-corrected chi connectivity index (χ2v) is 8.06. The maximum absolute atomic E-state index is 14.4. The summed E-state index contributed by atoms with van der Waals surface area (Å²) in [6.07, 6.45) is 0.439. The molecule has 166 valence electrons. The quantitative estimate of drug-likeness (QED) is 0.689. The van der Waals surface area contributed by atoms with Gasteiger partial charge in [0.05, 0.1) is 19.8 Å². The number of hydrogen-bond donors (Lipinski definition) is 1.